The molecule has 0 fully saturated rings. The quantitative estimate of drug-likeness (QED) is 0.516. The fourth-order valence-corrected chi connectivity index (χ4v) is 0.102. The second-order valence-electron chi connectivity index (χ2n) is 1.54. The van der Waals surface area contributed by atoms with Crippen LogP contribution in [0.2, 0.25) is 0 Å². The molecule has 0 aromatic carbocycles. The van der Waals surface area contributed by atoms with Crippen LogP contribution in [0.1, 0.15) is 13.8 Å². The molecule has 0 amide bonds. The molecular weight excluding hydrogens is 311 g/mol. The van der Waals surface area contributed by atoms with E-state index in [2.05, 4.69) is 9.68 Å². The zero-order valence-electron chi connectivity index (χ0n) is 11.0. The van der Waals surface area contributed by atoms with Crippen LogP contribution in [-0.4, -0.2) is 34.2 Å². The normalized spacial score (nSPS) is 7.00. The molecule has 0 unspecified atom stereocenters. The highest BCUT2D eigenvalue weighted by molar-refractivity contribution is 4.79. The molecule has 0 saturated heterocycles. The van der Waals surface area contributed by atoms with Gasteiger partial charge < -0.3 is 4.74 Å². The van der Waals surface area contributed by atoms with Crippen LogP contribution in [-0.2, 0) is 9.68 Å². The second kappa shape index (κ2) is 43.0. The van der Waals surface area contributed by atoms with Crippen LogP contribution >= 0.6 is 0 Å². The predicted molar refractivity (Wildman–Crippen MR) is 55.9 cm³/mol. The van der Waals surface area contributed by atoms with Crippen LogP contribution in [0.25, 0.3) is 0 Å². The third kappa shape index (κ3) is 90.0. The van der Waals surface area contributed by atoms with Crippen LogP contribution in [0.4, 0.5) is 39.6 Å². The SMILES string of the molecule is CCF.CCF.CF.FCOC(F)=C(F)F.FCOF. The van der Waals surface area contributed by atoms with Gasteiger partial charge in [-0.2, -0.15) is 18.1 Å². The van der Waals surface area contributed by atoms with Gasteiger partial charge in [0.05, 0.1) is 20.5 Å². The number of halogens is 9. The van der Waals surface area contributed by atoms with Crippen molar-refractivity contribution in [1.82, 2.24) is 0 Å². The van der Waals surface area contributed by atoms with Gasteiger partial charge in [0.15, 0.2) is 0 Å². The molecule has 0 heterocycles. The minimum atomic E-state index is -2.65. The number of rotatable bonds is 3. The Hall–Kier alpha value is -1.13. The fraction of sp³-hybridized carbons (Fsp3) is 0.778. The van der Waals surface area contributed by atoms with Crippen LogP contribution in [0, 0.1) is 0 Å². The topological polar surface area (TPSA) is 18.5 Å². The van der Waals surface area contributed by atoms with Crippen molar-refractivity contribution >= 4 is 0 Å². The maximum Gasteiger partial charge on any atom is 0.342 e. The zero-order valence-corrected chi connectivity index (χ0v) is 11.0. The lowest BCUT2D eigenvalue weighted by atomic mass is 10.9. The molecule has 0 atom stereocenters. The first kappa shape index (κ1) is 31.3. The van der Waals surface area contributed by atoms with Crippen LogP contribution in [0.15, 0.2) is 12.1 Å². The minimum absolute atomic E-state index is 0.250. The van der Waals surface area contributed by atoms with Crippen molar-refractivity contribution in [2.24, 2.45) is 0 Å². The van der Waals surface area contributed by atoms with Gasteiger partial charge in [-0.3, -0.25) is 13.2 Å². The van der Waals surface area contributed by atoms with E-state index in [0.29, 0.717) is 7.18 Å². The van der Waals surface area contributed by atoms with Crippen LogP contribution < -0.4 is 0 Å². The van der Waals surface area contributed by atoms with Gasteiger partial charge in [-0.25, -0.2) is 8.78 Å². The molecule has 0 aromatic heterocycles. The van der Waals surface area contributed by atoms with Gasteiger partial charge in [0.1, 0.15) is 0 Å². The Labute approximate surface area is 111 Å². The predicted octanol–water partition coefficient (Wildman–Crippen LogP) is 5.32. The summed E-state index contributed by atoms with van der Waals surface area (Å²) in [5.41, 5.74) is 0. The Bertz CT molecular complexity index is 150. The Morgan fingerprint density at radius 2 is 1.05 bits per heavy atom. The van der Waals surface area contributed by atoms with Crippen LogP contribution in [0.3, 0.4) is 0 Å². The van der Waals surface area contributed by atoms with E-state index in [9.17, 15) is 39.6 Å². The summed E-state index contributed by atoms with van der Waals surface area (Å²) in [5.74, 6) is 0. The Morgan fingerprint density at radius 1 is 0.800 bits per heavy atom. The van der Waals surface area contributed by atoms with E-state index in [4.69, 9.17) is 0 Å². The second-order valence-corrected chi connectivity index (χ2v) is 1.54. The average Bonchev–Trinajstić information content (AvgIpc) is 2.43. The largest absolute Gasteiger partial charge is 0.435 e. The summed E-state index contributed by atoms with van der Waals surface area (Å²) in [5, 5.41) is 0. The molecule has 0 aliphatic heterocycles. The van der Waals surface area contributed by atoms with Gasteiger partial charge in [0.2, 0.25) is 13.7 Å². The third-order valence-corrected chi connectivity index (χ3v) is 0.371. The molecule has 0 aliphatic carbocycles. The van der Waals surface area contributed by atoms with Gasteiger partial charge >= 0.3 is 12.1 Å². The maximum absolute atomic E-state index is 11.2. The fourth-order valence-electron chi connectivity index (χ4n) is 0.102. The highest BCUT2D eigenvalue weighted by Gasteiger charge is 2.03. The molecule has 11 heteroatoms. The molecule has 0 bridgehead atoms. The van der Waals surface area contributed by atoms with Gasteiger partial charge in [-0.05, 0) is 18.4 Å². The summed E-state index contributed by atoms with van der Waals surface area (Å²) in [6.07, 6.45) is -2.65. The molecule has 0 aliphatic rings. The Kier molecular flexibility index (Phi) is 67.4. The minimum Gasteiger partial charge on any atom is -0.435 e. The highest BCUT2D eigenvalue weighted by atomic mass is 19.3. The summed E-state index contributed by atoms with van der Waals surface area (Å²) in [6, 6.07) is -2.16. The number of alkyl halides is 5. The summed E-state index contributed by atoms with van der Waals surface area (Å²) in [7, 11) is 0.500. The molecule has 0 N–H and O–H groups in total. The van der Waals surface area contributed by atoms with E-state index in [0.717, 1.165) is 0 Å². The van der Waals surface area contributed by atoms with Crippen molar-refractivity contribution in [3.63, 3.8) is 0 Å². The number of hydrogen-bond acceptors (Lipinski definition) is 2. The van der Waals surface area contributed by atoms with E-state index in [1.165, 1.54) is 13.8 Å². The molecular formula is C9H17F9O2. The van der Waals surface area contributed by atoms with Crippen molar-refractivity contribution in [2.75, 3.05) is 34.2 Å². The van der Waals surface area contributed by atoms with Crippen molar-refractivity contribution in [2.45, 2.75) is 13.8 Å². The lowest BCUT2D eigenvalue weighted by Gasteiger charge is -1.90. The molecule has 128 valence electrons. The summed E-state index contributed by atoms with van der Waals surface area (Å²) < 4.78 is 96.8. The van der Waals surface area contributed by atoms with Gasteiger partial charge in [-0.15, -0.1) is 0 Å². The maximum atomic E-state index is 11.2. The Morgan fingerprint density at radius 3 is 1.10 bits per heavy atom. The van der Waals surface area contributed by atoms with E-state index >= 15 is 0 Å². The van der Waals surface area contributed by atoms with Gasteiger partial charge in [0, 0.05) is 0 Å². The first-order chi connectivity index (χ1) is 9.42. The highest BCUT2D eigenvalue weighted by Crippen LogP contribution is 2.09. The number of ether oxygens (including phenoxy) is 1. The monoisotopic (exact) mass is 328 g/mol. The summed E-state index contributed by atoms with van der Waals surface area (Å²) in [4.78, 5) is 2.38. The van der Waals surface area contributed by atoms with Crippen molar-refractivity contribution in [3.8, 4) is 0 Å². The summed E-state index contributed by atoms with van der Waals surface area (Å²) in [6.45, 7) is -0.511. The van der Waals surface area contributed by atoms with Gasteiger partial charge in [0.25, 0.3) is 0 Å². The standard InChI is InChI=1S/C3H2F4O.2C2H5F.CH2F2O.CH3F/c4-1-8-3(7)2(5)6;2*1-2-3;2-1-4-3;1-2/h1H2;2*2H2,1H3;1H2;1H3. The van der Waals surface area contributed by atoms with E-state index in [-0.39, 0.29) is 13.3 Å². The van der Waals surface area contributed by atoms with E-state index in [1.807, 2.05) is 0 Å². The lowest BCUT2D eigenvalue weighted by Crippen LogP contribution is -1.83. The molecule has 0 aromatic rings. The molecule has 0 saturated carbocycles. The first-order valence-corrected chi connectivity index (χ1v) is 4.61. The van der Waals surface area contributed by atoms with E-state index < -0.39 is 25.8 Å². The third-order valence-electron chi connectivity index (χ3n) is 0.371. The molecule has 0 radical (unpaired) electrons. The molecule has 2 nitrogen and oxygen atoms in total. The first-order valence-electron chi connectivity index (χ1n) is 4.61. The van der Waals surface area contributed by atoms with Crippen molar-refractivity contribution < 1.29 is 49.3 Å². The molecule has 0 rings (SSSR count). The van der Waals surface area contributed by atoms with Gasteiger partial charge in [-0.1, -0.05) is 0 Å². The van der Waals surface area contributed by atoms with Crippen LogP contribution in [0.5, 0.6) is 0 Å². The van der Waals surface area contributed by atoms with Crippen molar-refractivity contribution in [3.05, 3.63) is 12.1 Å². The zero-order chi connectivity index (χ0) is 17.4. The molecule has 20 heavy (non-hydrogen) atoms. The Balaban J connectivity index is -0.0000000531. The lowest BCUT2D eigenvalue weighted by molar-refractivity contribution is -0.167. The van der Waals surface area contributed by atoms with E-state index in [1.54, 1.807) is 0 Å². The van der Waals surface area contributed by atoms with Crippen molar-refractivity contribution in [1.29, 1.82) is 0 Å². The average molecular weight is 328 g/mol. The molecule has 0 spiro atoms. The smallest absolute Gasteiger partial charge is 0.342 e. The summed E-state index contributed by atoms with van der Waals surface area (Å²) >= 11 is 0. The number of hydrogen-bond donors (Lipinski definition) is 0.